The molecule has 0 spiro atoms. The molecular weight excluding hydrogens is 262 g/mol. The van der Waals surface area contributed by atoms with Gasteiger partial charge >= 0.3 is 5.97 Å². The Morgan fingerprint density at radius 1 is 1.31 bits per heavy atom. The zero-order valence-electron chi connectivity index (χ0n) is 7.69. The van der Waals surface area contributed by atoms with Crippen LogP contribution in [0.1, 0.15) is 11.7 Å². The lowest BCUT2D eigenvalue weighted by Gasteiger charge is -2.16. The maximum atomic E-state index is 13.1. The van der Waals surface area contributed by atoms with Crippen molar-refractivity contribution < 1.29 is 24.5 Å². The van der Waals surface area contributed by atoms with Crippen LogP contribution in [0.3, 0.4) is 0 Å². The van der Waals surface area contributed by atoms with Gasteiger partial charge in [0.05, 0.1) is 5.02 Å². The molecule has 1 aromatic rings. The lowest BCUT2D eigenvalue weighted by molar-refractivity contribution is -0.153. The Hall–Kier alpha value is -0.880. The first kappa shape index (κ1) is 13.2. The first-order valence-corrected chi connectivity index (χ1v) is 4.83. The van der Waals surface area contributed by atoms with Crippen molar-refractivity contribution >= 4 is 29.2 Å². The van der Waals surface area contributed by atoms with E-state index in [9.17, 15) is 14.3 Å². The van der Waals surface area contributed by atoms with Gasteiger partial charge in [-0.2, -0.15) is 0 Å². The van der Waals surface area contributed by atoms with Crippen molar-refractivity contribution in [1.82, 2.24) is 0 Å². The van der Waals surface area contributed by atoms with Crippen LogP contribution in [0.2, 0.25) is 10.0 Å². The summed E-state index contributed by atoms with van der Waals surface area (Å²) in [5, 5.41) is 26.5. The fraction of sp³-hybridized carbons (Fsp3) is 0.222. The van der Waals surface area contributed by atoms with Gasteiger partial charge in [0.15, 0.2) is 6.10 Å². The molecule has 1 aromatic carbocycles. The summed E-state index contributed by atoms with van der Waals surface area (Å²) in [4.78, 5) is 10.4. The Morgan fingerprint density at radius 3 is 2.38 bits per heavy atom. The van der Waals surface area contributed by atoms with Gasteiger partial charge in [-0.3, -0.25) is 0 Å². The molecule has 0 aliphatic carbocycles. The number of carboxylic acid groups (broad SMARTS) is 1. The second-order valence-corrected chi connectivity index (χ2v) is 3.83. The number of carbonyl (C=O) groups is 1. The van der Waals surface area contributed by atoms with Crippen molar-refractivity contribution in [3.63, 3.8) is 0 Å². The summed E-state index contributed by atoms with van der Waals surface area (Å²) < 4.78 is 13.1. The van der Waals surface area contributed by atoms with Crippen LogP contribution in [0.25, 0.3) is 0 Å². The molecule has 1 rings (SSSR count). The maximum Gasteiger partial charge on any atom is 0.335 e. The average Bonchev–Trinajstić information content (AvgIpc) is 2.21. The minimum absolute atomic E-state index is 0.0615. The van der Waals surface area contributed by atoms with E-state index in [0.717, 1.165) is 12.1 Å². The highest BCUT2D eigenvalue weighted by molar-refractivity contribution is 6.33. The van der Waals surface area contributed by atoms with E-state index >= 15 is 0 Å². The number of hydrogen-bond donors (Lipinski definition) is 3. The lowest BCUT2D eigenvalue weighted by atomic mass is 10.0. The topological polar surface area (TPSA) is 77.8 Å². The van der Waals surface area contributed by atoms with E-state index in [0.29, 0.717) is 0 Å². The number of aliphatic hydroxyl groups is 2. The van der Waals surface area contributed by atoms with Gasteiger partial charge in [-0.15, -0.1) is 0 Å². The molecule has 2 unspecified atom stereocenters. The minimum Gasteiger partial charge on any atom is -0.479 e. The smallest absolute Gasteiger partial charge is 0.335 e. The van der Waals surface area contributed by atoms with E-state index in [2.05, 4.69) is 0 Å². The third-order valence-electron chi connectivity index (χ3n) is 1.89. The zero-order chi connectivity index (χ0) is 12.5. The predicted octanol–water partition coefficient (Wildman–Crippen LogP) is 1.61. The van der Waals surface area contributed by atoms with E-state index in [1.165, 1.54) is 0 Å². The van der Waals surface area contributed by atoms with E-state index in [1.807, 2.05) is 0 Å². The van der Waals surface area contributed by atoms with Gasteiger partial charge in [0, 0.05) is 10.6 Å². The van der Waals surface area contributed by atoms with Gasteiger partial charge in [0.1, 0.15) is 11.9 Å². The fourth-order valence-corrected chi connectivity index (χ4v) is 1.53. The molecule has 0 amide bonds. The van der Waals surface area contributed by atoms with Crippen LogP contribution in [-0.4, -0.2) is 27.4 Å². The SMILES string of the molecule is O=C(O)C(O)C(O)c1cc(Cl)cc(F)c1Cl. The minimum atomic E-state index is -2.10. The van der Waals surface area contributed by atoms with Crippen LogP contribution < -0.4 is 0 Å². The number of rotatable bonds is 3. The van der Waals surface area contributed by atoms with Crippen LogP contribution >= 0.6 is 23.2 Å². The van der Waals surface area contributed by atoms with Gasteiger partial charge in [0.2, 0.25) is 0 Å². The Labute approximate surface area is 99.8 Å². The van der Waals surface area contributed by atoms with Crippen molar-refractivity contribution in [3.8, 4) is 0 Å². The maximum absolute atomic E-state index is 13.1. The molecular formula is C9H7Cl2FO4. The summed E-state index contributed by atoms with van der Waals surface area (Å²) in [6.07, 6.45) is -3.95. The van der Waals surface area contributed by atoms with Crippen LogP contribution in [0.4, 0.5) is 4.39 Å². The number of halogens is 3. The molecule has 88 valence electrons. The summed E-state index contributed by atoms with van der Waals surface area (Å²) in [7, 11) is 0. The molecule has 0 radical (unpaired) electrons. The van der Waals surface area contributed by atoms with Crippen molar-refractivity contribution in [2.24, 2.45) is 0 Å². The van der Waals surface area contributed by atoms with Crippen LogP contribution in [0, 0.1) is 5.82 Å². The highest BCUT2D eigenvalue weighted by Crippen LogP contribution is 2.30. The summed E-state index contributed by atoms with van der Waals surface area (Å²) in [6, 6.07) is 2.00. The molecule has 2 atom stereocenters. The van der Waals surface area contributed by atoms with Gasteiger partial charge < -0.3 is 15.3 Å². The molecule has 16 heavy (non-hydrogen) atoms. The molecule has 0 heterocycles. The second kappa shape index (κ2) is 4.97. The molecule has 0 aliphatic heterocycles. The third kappa shape index (κ3) is 2.62. The molecule has 0 saturated heterocycles. The Bertz CT molecular complexity index is 424. The number of benzene rings is 1. The second-order valence-electron chi connectivity index (χ2n) is 3.02. The highest BCUT2D eigenvalue weighted by Gasteiger charge is 2.28. The predicted molar refractivity (Wildman–Crippen MR) is 55.0 cm³/mol. The summed E-state index contributed by atoms with van der Waals surface area (Å²) in [5.41, 5.74) is -0.276. The quantitative estimate of drug-likeness (QED) is 0.728. The highest BCUT2D eigenvalue weighted by atomic mass is 35.5. The van der Waals surface area contributed by atoms with Gasteiger partial charge in [0.25, 0.3) is 0 Å². The number of aliphatic carboxylic acids is 1. The molecule has 0 aliphatic rings. The van der Waals surface area contributed by atoms with E-state index in [-0.39, 0.29) is 10.6 Å². The fourth-order valence-electron chi connectivity index (χ4n) is 1.10. The molecule has 4 nitrogen and oxygen atoms in total. The van der Waals surface area contributed by atoms with Gasteiger partial charge in [-0.1, -0.05) is 23.2 Å². The molecule has 0 fully saturated rings. The van der Waals surface area contributed by atoms with Crippen molar-refractivity contribution in [1.29, 1.82) is 0 Å². The summed E-state index contributed by atoms with van der Waals surface area (Å²) >= 11 is 11.0. The van der Waals surface area contributed by atoms with Gasteiger partial charge in [-0.05, 0) is 12.1 Å². The van der Waals surface area contributed by atoms with Crippen LogP contribution in [0.15, 0.2) is 12.1 Å². The van der Waals surface area contributed by atoms with Crippen molar-refractivity contribution in [2.75, 3.05) is 0 Å². The Balaban J connectivity index is 3.17. The van der Waals surface area contributed by atoms with Crippen molar-refractivity contribution in [2.45, 2.75) is 12.2 Å². The average molecular weight is 269 g/mol. The van der Waals surface area contributed by atoms with E-state index < -0.39 is 29.0 Å². The molecule has 0 saturated carbocycles. The third-order valence-corrected chi connectivity index (χ3v) is 2.51. The number of carboxylic acids is 1. The molecule has 3 N–H and O–H groups in total. The monoisotopic (exact) mass is 268 g/mol. The van der Waals surface area contributed by atoms with Crippen LogP contribution in [-0.2, 0) is 4.79 Å². The molecule has 0 bridgehead atoms. The normalized spacial score (nSPS) is 14.6. The lowest BCUT2D eigenvalue weighted by Crippen LogP contribution is -2.27. The first-order chi connectivity index (χ1) is 7.34. The first-order valence-electron chi connectivity index (χ1n) is 4.08. The molecule has 7 heteroatoms. The van der Waals surface area contributed by atoms with Crippen LogP contribution in [0.5, 0.6) is 0 Å². The van der Waals surface area contributed by atoms with Crippen molar-refractivity contribution in [3.05, 3.63) is 33.6 Å². The zero-order valence-corrected chi connectivity index (χ0v) is 9.21. The van der Waals surface area contributed by atoms with Gasteiger partial charge in [-0.25, -0.2) is 9.18 Å². The summed E-state index contributed by atoms with van der Waals surface area (Å²) in [6.45, 7) is 0. The molecule has 0 aromatic heterocycles. The summed E-state index contributed by atoms with van der Waals surface area (Å²) in [5.74, 6) is -2.55. The van der Waals surface area contributed by atoms with E-state index in [4.69, 9.17) is 33.4 Å². The Kier molecular flexibility index (Phi) is 4.09. The number of hydrogen-bond acceptors (Lipinski definition) is 3. The standard InChI is InChI=1S/C9H7Cl2FO4/c10-3-1-4(6(11)5(12)2-3)7(13)8(14)9(15)16/h1-2,7-8,13-14H,(H,15,16). The van der Waals surface area contributed by atoms with E-state index in [1.54, 1.807) is 0 Å². The largest absolute Gasteiger partial charge is 0.479 e. The Morgan fingerprint density at radius 2 is 1.88 bits per heavy atom. The number of aliphatic hydroxyl groups excluding tert-OH is 2.